The normalized spacial score (nSPS) is 26.4. The molecule has 5 amide bonds. The Labute approximate surface area is 564 Å². The van der Waals surface area contributed by atoms with Crippen molar-refractivity contribution in [3.05, 3.63) is 35.9 Å². The quantitative estimate of drug-likeness (QED) is 0.0233. The number of esters is 4. The van der Waals surface area contributed by atoms with Crippen molar-refractivity contribution in [1.82, 2.24) is 26.6 Å². The van der Waals surface area contributed by atoms with Gasteiger partial charge in [0.1, 0.15) is 38.5 Å². The Hall–Kier alpha value is -5.79. The van der Waals surface area contributed by atoms with E-state index in [9.17, 15) is 43.2 Å². The van der Waals surface area contributed by atoms with Gasteiger partial charge in [-0.1, -0.05) is 92.6 Å². The number of carbonyl (C=O) groups is 9. The van der Waals surface area contributed by atoms with Crippen molar-refractivity contribution in [1.29, 1.82) is 0 Å². The lowest BCUT2D eigenvalue weighted by Gasteiger charge is -2.43. The van der Waals surface area contributed by atoms with Crippen LogP contribution in [0.15, 0.2) is 30.3 Å². The summed E-state index contributed by atoms with van der Waals surface area (Å²) >= 11 is 0. The third-order valence-electron chi connectivity index (χ3n) is 19.4. The van der Waals surface area contributed by atoms with E-state index in [0.29, 0.717) is 97.1 Å². The highest BCUT2D eigenvalue weighted by Crippen LogP contribution is 2.38. The molecule has 0 saturated carbocycles. The Morgan fingerprint density at radius 3 is 1.17 bits per heavy atom. The monoisotopic (exact) mass is 1340 g/mol. The average Bonchev–Trinajstić information content (AvgIpc) is 0.844. The van der Waals surface area contributed by atoms with Crippen LogP contribution in [0, 0.1) is 53.3 Å². The molecule has 5 N–H and O–H groups in total. The summed E-state index contributed by atoms with van der Waals surface area (Å²) in [7, 11) is 0. The van der Waals surface area contributed by atoms with E-state index in [1.807, 2.05) is 30.3 Å². The number of carbonyl (C=O) groups excluding carboxylic acids is 9. The van der Waals surface area contributed by atoms with Crippen molar-refractivity contribution in [3.8, 4) is 0 Å². The fraction of sp³-hybridized carbons (Fsp3) is 0.789. The van der Waals surface area contributed by atoms with Crippen LogP contribution in [-0.4, -0.2) is 162 Å². The molecule has 3 heterocycles. The third kappa shape index (κ3) is 31.1. The zero-order chi connectivity index (χ0) is 69.8. The second-order valence-corrected chi connectivity index (χ2v) is 26.7. The minimum absolute atomic E-state index is 0.0554. The molecule has 17 atom stereocenters. The van der Waals surface area contributed by atoms with E-state index < -0.39 is 48.7 Å². The molecule has 1 aromatic carbocycles. The van der Waals surface area contributed by atoms with Crippen LogP contribution in [0.4, 0.5) is 0 Å². The molecule has 0 radical (unpaired) electrons. The molecule has 3 aliphatic rings. The molecule has 0 bridgehead atoms. The number of unbranched alkanes of at least 4 members (excludes halogenated alkanes) is 5. The minimum atomic E-state index is -1.03. The van der Waals surface area contributed by atoms with E-state index >= 15 is 0 Å². The summed E-state index contributed by atoms with van der Waals surface area (Å²) < 4.78 is 58.2. The molecular weight excluding hydrogens is 1230 g/mol. The van der Waals surface area contributed by atoms with Gasteiger partial charge in [-0.3, -0.25) is 43.2 Å². The largest absolute Gasteiger partial charge is 0.463 e. The van der Waals surface area contributed by atoms with Crippen molar-refractivity contribution < 1.29 is 90.5 Å². The zero-order valence-electron chi connectivity index (χ0n) is 59.1. The summed E-state index contributed by atoms with van der Waals surface area (Å²) in [6.45, 7) is 25.5. The van der Waals surface area contributed by atoms with Crippen molar-refractivity contribution in [2.24, 2.45) is 53.3 Å². The first-order valence-electron chi connectivity index (χ1n) is 35.2. The predicted octanol–water partition coefficient (Wildman–Crippen LogP) is 8.32. The fourth-order valence-electron chi connectivity index (χ4n) is 12.0. The van der Waals surface area contributed by atoms with E-state index in [1.54, 1.807) is 0 Å². The molecule has 3 saturated heterocycles. The first kappa shape index (κ1) is 81.6. The molecule has 4 rings (SSSR count). The first-order chi connectivity index (χ1) is 45.4. The summed E-state index contributed by atoms with van der Waals surface area (Å²) in [5, 5.41) is 14.6. The molecule has 8 unspecified atom stereocenters. The number of amides is 5. The highest BCUT2D eigenvalue weighted by Gasteiger charge is 2.43. The molecule has 3 aliphatic heterocycles. The van der Waals surface area contributed by atoms with Gasteiger partial charge in [0.2, 0.25) is 29.5 Å². The van der Waals surface area contributed by atoms with E-state index in [1.165, 1.54) is 20.8 Å². The van der Waals surface area contributed by atoms with E-state index in [4.69, 9.17) is 47.4 Å². The topological polar surface area (TPSA) is 306 Å². The first-order valence-corrected chi connectivity index (χ1v) is 35.2. The lowest BCUT2D eigenvalue weighted by Crippen LogP contribution is -2.53. The lowest BCUT2D eigenvalue weighted by atomic mass is 9.79. The van der Waals surface area contributed by atoms with Gasteiger partial charge in [-0.15, -0.1) is 0 Å². The maximum atomic E-state index is 14.4. The zero-order valence-corrected chi connectivity index (χ0v) is 59.1. The van der Waals surface area contributed by atoms with Crippen LogP contribution in [-0.2, 0) is 97.1 Å². The van der Waals surface area contributed by atoms with Crippen LogP contribution >= 0.6 is 0 Å². The molecular formula is C71H117N5O19. The number of hydrogen-bond donors (Lipinski definition) is 5. The van der Waals surface area contributed by atoms with Crippen LogP contribution in [0.2, 0.25) is 0 Å². The number of nitrogens with one attached hydrogen (secondary N) is 5. The molecule has 3 fully saturated rings. The highest BCUT2D eigenvalue weighted by atomic mass is 16.7. The Balaban J connectivity index is 1.32. The Morgan fingerprint density at radius 1 is 0.389 bits per heavy atom. The van der Waals surface area contributed by atoms with Crippen LogP contribution in [0.1, 0.15) is 198 Å². The van der Waals surface area contributed by atoms with Gasteiger partial charge in [-0.25, -0.2) is 0 Å². The van der Waals surface area contributed by atoms with Crippen molar-refractivity contribution in [3.63, 3.8) is 0 Å². The molecule has 0 aliphatic carbocycles. The van der Waals surface area contributed by atoms with E-state index in [2.05, 4.69) is 88.9 Å². The van der Waals surface area contributed by atoms with Crippen molar-refractivity contribution in [2.75, 3.05) is 59.3 Å². The Morgan fingerprint density at radius 2 is 0.768 bits per heavy atom. The smallest absolute Gasteiger partial charge is 0.306 e. The predicted molar refractivity (Wildman–Crippen MR) is 354 cm³/mol. The van der Waals surface area contributed by atoms with E-state index in [-0.39, 0.29) is 185 Å². The van der Waals surface area contributed by atoms with Crippen LogP contribution in [0.5, 0.6) is 0 Å². The van der Waals surface area contributed by atoms with Gasteiger partial charge in [0, 0.05) is 104 Å². The molecule has 1 aromatic rings. The summed E-state index contributed by atoms with van der Waals surface area (Å²) in [6.07, 6.45) is 4.39. The van der Waals surface area contributed by atoms with Gasteiger partial charge >= 0.3 is 23.9 Å². The number of rotatable bonds is 44. The average molecular weight is 1340 g/mol. The minimum Gasteiger partial charge on any atom is -0.463 e. The number of ether oxygens (including phenoxy) is 10. The van der Waals surface area contributed by atoms with Gasteiger partial charge in [0.25, 0.3) is 0 Å². The summed E-state index contributed by atoms with van der Waals surface area (Å²) in [4.78, 5) is 115. The molecule has 95 heavy (non-hydrogen) atoms. The Kier molecular flexibility index (Phi) is 38.6. The van der Waals surface area contributed by atoms with Crippen LogP contribution < -0.4 is 26.6 Å². The van der Waals surface area contributed by atoms with E-state index in [0.717, 1.165) is 5.56 Å². The SMILES string of the molecule is CC(=O)OCC1O[C@@H](OCCCCC(=O)NCCCCC(NC(=O)CCCCO[C@@H]2OC(COC(C)=O)[C@H](C)[C@H](C)C2C)C(=O)NC(CCCCNC(=O)CCCCO[C@@H]2OC(COC(C)=O)[C@H](C)[C@H](C)C2C)C(=O)NCCCC(=O)OCc2ccccc2)C(C)[C@@H](C)[C@H]1C. The molecule has 24 heteroatoms. The van der Waals surface area contributed by atoms with Gasteiger partial charge in [-0.05, 0) is 125 Å². The number of hydrogen-bond acceptors (Lipinski definition) is 19. The fourth-order valence-corrected chi connectivity index (χ4v) is 12.0. The maximum Gasteiger partial charge on any atom is 0.306 e. The summed E-state index contributed by atoms with van der Waals surface area (Å²) in [6, 6.07) is 7.24. The molecule has 24 nitrogen and oxygen atoms in total. The second kappa shape index (κ2) is 44.9. The van der Waals surface area contributed by atoms with Crippen LogP contribution in [0.25, 0.3) is 0 Å². The molecule has 0 spiro atoms. The third-order valence-corrected chi connectivity index (χ3v) is 19.4. The number of benzene rings is 1. The Bertz CT molecular complexity index is 2470. The second-order valence-electron chi connectivity index (χ2n) is 26.7. The molecule has 0 aromatic heterocycles. The summed E-state index contributed by atoms with van der Waals surface area (Å²) in [5.41, 5.74) is 0.849. The van der Waals surface area contributed by atoms with Crippen LogP contribution in [0.3, 0.4) is 0 Å². The molecule has 540 valence electrons. The standard InChI is InChI=1S/C71H117N5O19/c1-45-48(4)60(42-89-54(10)77)93-69(51(45)7)86-38-23-18-31-63(80)72-35-21-16-29-58(67(84)74-37-26-34-66(83)92-41-57-27-14-13-15-28-57)76-68(85)59(75-65(82)33-20-25-40-88-71-53(9)47(3)50(6)62(95-71)44-91-56(12)79)30-17-22-36-73-64(81)32-19-24-39-87-70-52(8)46(2)49(5)61(94-70)43-90-55(11)78/h13-15,27-28,45-53,58-62,69-71H,16-26,29-44H2,1-12H3,(H,72,80)(H,73,81)(H,74,84)(H,75,82)(H,76,85)/t45-,46-,47-,48+,49+,50+,51?,52?,53?,58?,59?,60?,61?,62?,69+,70+,71+/m0/s1. The lowest BCUT2D eigenvalue weighted by molar-refractivity contribution is -0.255. The van der Waals surface area contributed by atoms with Gasteiger partial charge in [-0.2, -0.15) is 0 Å². The van der Waals surface area contributed by atoms with Gasteiger partial charge < -0.3 is 74.0 Å². The van der Waals surface area contributed by atoms with Crippen molar-refractivity contribution in [2.45, 2.75) is 248 Å². The van der Waals surface area contributed by atoms with Gasteiger partial charge in [0.05, 0.1) is 18.3 Å². The summed E-state index contributed by atoms with van der Waals surface area (Å²) in [5.74, 6) is -1.56. The van der Waals surface area contributed by atoms with Gasteiger partial charge in [0.15, 0.2) is 18.9 Å². The maximum absolute atomic E-state index is 14.4. The highest BCUT2D eigenvalue weighted by molar-refractivity contribution is 5.92. The van der Waals surface area contributed by atoms with Crippen molar-refractivity contribution >= 4 is 53.4 Å².